The van der Waals surface area contributed by atoms with Crippen LogP contribution >= 0.6 is 27.3 Å². The SMILES string of the molecule is CC(NC(=O)c1ccc(Br)s1)C(=O)NCC(c1ccccc1)N(C)C. The van der Waals surface area contributed by atoms with E-state index in [0.717, 1.165) is 9.35 Å². The monoisotopic (exact) mass is 423 g/mol. The van der Waals surface area contributed by atoms with Gasteiger partial charge in [0.2, 0.25) is 5.91 Å². The highest BCUT2D eigenvalue weighted by molar-refractivity contribution is 9.11. The summed E-state index contributed by atoms with van der Waals surface area (Å²) in [6, 6.07) is 13.0. The molecule has 2 N–H and O–H groups in total. The van der Waals surface area contributed by atoms with Gasteiger partial charge in [-0.1, -0.05) is 30.3 Å². The number of nitrogens with zero attached hydrogens (tertiary/aromatic N) is 1. The summed E-state index contributed by atoms with van der Waals surface area (Å²) in [5, 5.41) is 5.65. The van der Waals surface area contributed by atoms with Crippen LogP contribution in [0.4, 0.5) is 0 Å². The molecule has 25 heavy (non-hydrogen) atoms. The van der Waals surface area contributed by atoms with Gasteiger partial charge in [0.05, 0.1) is 14.7 Å². The van der Waals surface area contributed by atoms with E-state index in [1.54, 1.807) is 13.0 Å². The van der Waals surface area contributed by atoms with Crippen LogP contribution in [0, 0.1) is 0 Å². The van der Waals surface area contributed by atoms with E-state index in [0.29, 0.717) is 11.4 Å². The van der Waals surface area contributed by atoms with Crippen LogP contribution in [0.1, 0.15) is 28.2 Å². The van der Waals surface area contributed by atoms with Gasteiger partial charge in [-0.15, -0.1) is 11.3 Å². The fraction of sp³-hybridized carbons (Fsp3) is 0.333. The van der Waals surface area contributed by atoms with E-state index >= 15 is 0 Å². The molecule has 1 aromatic heterocycles. The zero-order chi connectivity index (χ0) is 18.4. The maximum absolute atomic E-state index is 12.3. The Labute approximate surface area is 160 Å². The first-order valence-corrected chi connectivity index (χ1v) is 9.54. The number of likely N-dealkylation sites (N-methyl/N-ethyl adjacent to an activating group) is 1. The molecule has 2 amide bonds. The second-order valence-corrected chi connectivity index (χ2v) is 8.40. The van der Waals surface area contributed by atoms with Gasteiger partial charge in [0, 0.05) is 6.54 Å². The van der Waals surface area contributed by atoms with Gasteiger partial charge in [-0.25, -0.2) is 0 Å². The minimum Gasteiger partial charge on any atom is -0.352 e. The average Bonchev–Trinajstić information content (AvgIpc) is 3.02. The molecule has 0 fully saturated rings. The number of rotatable bonds is 7. The Balaban J connectivity index is 1.90. The van der Waals surface area contributed by atoms with Gasteiger partial charge in [-0.2, -0.15) is 0 Å². The predicted molar refractivity (Wildman–Crippen MR) is 105 cm³/mol. The number of nitrogens with one attached hydrogen (secondary N) is 2. The number of halogens is 1. The first-order chi connectivity index (χ1) is 11.9. The Morgan fingerprint density at radius 2 is 1.84 bits per heavy atom. The Morgan fingerprint density at radius 1 is 1.16 bits per heavy atom. The van der Waals surface area contributed by atoms with Crippen LogP contribution in [0.3, 0.4) is 0 Å². The van der Waals surface area contributed by atoms with Crippen molar-refractivity contribution in [2.45, 2.75) is 19.0 Å². The molecule has 134 valence electrons. The quantitative estimate of drug-likeness (QED) is 0.719. The highest BCUT2D eigenvalue weighted by Crippen LogP contribution is 2.22. The fourth-order valence-corrected chi connectivity index (χ4v) is 3.68. The van der Waals surface area contributed by atoms with Crippen LogP contribution < -0.4 is 10.6 Å². The van der Waals surface area contributed by atoms with Crippen molar-refractivity contribution in [1.82, 2.24) is 15.5 Å². The molecule has 1 heterocycles. The maximum Gasteiger partial charge on any atom is 0.262 e. The molecule has 0 radical (unpaired) electrons. The summed E-state index contributed by atoms with van der Waals surface area (Å²) in [7, 11) is 3.95. The van der Waals surface area contributed by atoms with E-state index in [1.165, 1.54) is 11.3 Å². The van der Waals surface area contributed by atoms with E-state index in [-0.39, 0.29) is 17.9 Å². The van der Waals surface area contributed by atoms with Gasteiger partial charge in [-0.05, 0) is 54.6 Å². The summed E-state index contributed by atoms with van der Waals surface area (Å²) in [6.07, 6.45) is 0. The summed E-state index contributed by atoms with van der Waals surface area (Å²) in [4.78, 5) is 27.1. The van der Waals surface area contributed by atoms with E-state index in [1.807, 2.05) is 50.5 Å². The molecule has 0 aliphatic rings. The van der Waals surface area contributed by atoms with Crippen molar-refractivity contribution in [3.05, 3.63) is 56.7 Å². The lowest BCUT2D eigenvalue weighted by Gasteiger charge is -2.26. The number of thiophene rings is 1. The number of carbonyl (C=O) groups excluding carboxylic acids is 2. The van der Waals surface area contributed by atoms with E-state index < -0.39 is 6.04 Å². The van der Waals surface area contributed by atoms with Crippen LogP contribution in [0.5, 0.6) is 0 Å². The van der Waals surface area contributed by atoms with Gasteiger partial charge in [0.25, 0.3) is 5.91 Å². The first kappa shape index (κ1) is 19.6. The summed E-state index contributed by atoms with van der Waals surface area (Å²) in [6.45, 7) is 2.16. The molecule has 7 heteroatoms. The van der Waals surface area contributed by atoms with Crippen LogP contribution in [0.2, 0.25) is 0 Å². The number of benzene rings is 1. The standard InChI is InChI=1S/C18H22BrN3O2S/c1-12(21-18(24)15-9-10-16(19)25-15)17(23)20-11-14(22(2)3)13-7-5-4-6-8-13/h4-10,12,14H,11H2,1-3H3,(H,20,23)(H,21,24). The Hall–Kier alpha value is -1.70. The third kappa shape index (κ3) is 5.66. The third-order valence-electron chi connectivity index (χ3n) is 3.82. The van der Waals surface area contributed by atoms with Crippen LogP contribution in [-0.4, -0.2) is 43.4 Å². The Bertz CT molecular complexity index is 718. The lowest BCUT2D eigenvalue weighted by molar-refractivity contribution is -0.122. The minimum absolute atomic E-state index is 0.0707. The number of hydrogen-bond donors (Lipinski definition) is 2. The Morgan fingerprint density at radius 3 is 2.40 bits per heavy atom. The van der Waals surface area contributed by atoms with Crippen molar-refractivity contribution in [3.8, 4) is 0 Å². The fourth-order valence-electron chi connectivity index (χ4n) is 2.39. The second kappa shape index (κ2) is 9.12. The van der Waals surface area contributed by atoms with Crippen molar-refractivity contribution < 1.29 is 9.59 Å². The zero-order valence-electron chi connectivity index (χ0n) is 14.5. The molecule has 0 aliphatic carbocycles. The normalized spacial score (nSPS) is 13.3. The van der Waals surface area contributed by atoms with Crippen LogP contribution in [0.25, 0.3) is 0 Å². The van der Waals surface area contributed by atoms with Crippen molar-refractivity contribution in [2.24, 2.45) is 0 Å². The lowest BCUT2D eigenvalue weighted by atomic mass is 10.1. The van der Waals surface area contributed by atoms with Gasteiger partial charge in [-0.3, -0.25) is 9.59 Å². The third-order valence-corrected chi connectivity index (χ3v) is 5.44. The van der Waals surface area contributed by atoms with Crippen LogP contribution in [0.15, 0.2) is 46.3 Å². The number of amides is 2. The number of carbonyl (C=O) groups is 2. The molecule has 5 nitrogen and oxygen atoms in total. The molecule has 0 aliphatic heterocycles. The molecule has 2 rings (SSSR count). The summed E-state index contributed by atoms with van der Waals surface area (Å²) in [5.41, 5.74) is 1.13. The number of hydrogen-bond acceptors (Lipinski definition) is 4. The molecule has 0 bridgehead atoms. The average molecular weight is 424 g/mol. The summed E-state index contributed by atoms with van der Waals surface area (Å²) in [5.74, 6) is -0.447. The van der Waals surface area contributed by atoms with E-state index in [9.17, 15) is 9.59 Å². The van der Waals surface area contributed by atoms with Gasteiger partial charge in [0.15, 0.2) is 0 Å². The van der Waals surface area contributed by atoms with Crippen molar-refractivity contribution in [2.75, 3.05) is 20.6 Å². The molecule has 1 aromatic carbocycles. The van der Waals surface area contributed by atoms with Crippen molar-refractivity contribution in [3.63, 3.8) is 0 Å². The second-order valence-electron chi connectivity index (χ2n) is 5.93. The van der Waals surface area contributed by atoms with Gasteiger partial charge < -0.3 is 15.5 Å². The van der Waals surface area contributed by atoms with Gasteiger partial charge >= 0.3 is 0 Å². The molecule has 2 aromatic rings. The van der Waals surface area contributed by atoms with E-state index in [4.69, 9.17) is 0 Å². The molecule has 0 saturated heterocycles. The molecule has 2 unspecified atom stereocenters. The predicted octanol–water partition coefficient (Wildman–Crippen LogP) is 3.05. The Kier molecular flexibility index (Phi) is 7.16. The largest absolute Gasteiger partial charge is 0.352 e. The molecule has 0 spiro atoms. The maximum atomic E-state index is 12.3. The van der Waals surface area contributed by atoms with Crippen LogP contribution in [-0.2, 0) is 4.79 Å². The summed E-state index contributed by atoms with van der Waals surface area (Å²) >= 11 is 4.66. The summed E-state index contributed by atoms with van der Waals surface area (Å²) < 4.78 is 0.881. The first-order valence-electron chi connectivity index (χ1n) is 7.93. The highest BCUT2D eigenvalue weighted by atomic mass is 79.9. The molecular weight excluding hydrogens is 402 g/mol. The van der Waals surface area contributed by atoms with Crippen molar-refractivity contribution >= 4 is 39.1 Å². The zero-order valence-corrected chi connectivity index (χ0v) is 16.9. The van der Waals surface area contributed by atoms with Gasteiger partial charge in [0.1, 0.15) is 6.04 Å². The van der Waals surface area contributed by atoms with E-state index in [2.05, 4.69) is 31.5 Å². The molecular formula is C18H22BrN3O2S. The molecule has 0 saturated carbocycles. The minimum atomic E-state index is -0.605. The molecule has 2 atom stereocenters. The van der Waals surface area contributed by atoms with Crippen molar-refractivity contribution in [1.29, 1.82) is 0 Å². The smallest absolute Gasteiger partial charge is 0.262 e. The highest BCUT2D eigenvalue weighted by Gasteiger charge is 2.20. The topological polar surface area (TPSA) is 61.4 Å². The lowest BCUT2D eigenvalue weighted by Crippen LogP contribution is -2.46.